The molecule has 0 radical (unpaired) electrons. The quantitative estimate of drug-likeness (QED) is 0.851. The van der Waals surface area contributed by atoms with Crippen LogP contribution in [0.3, 0.4) is 0 Å². The van der Waals surface area contributed by atoms with Gasteiger partial charge in [-0.2, -0.15) is 9.40 Å². The minimum absolute atomic E-state index is 0.0316. The number of benzene rings is 1. The highest BCUT2D eigenvalue weighted by atomic mass is 32.2. The Morgan fingerprint density at radius 3 is 2.52 bits per heavy atom. The van der Waals surface area contributed by atoms with Crippen molar-refractivity contribution in [2.75, 3.05) is 18.4 Å². The molecule has 0 aliphatic carbocycles. The van der Waals surface area contributed by atoms with Gasteiger partial charge in [0.15, 0.2) is 0 Å². The Balaban J connectivity index is 1.80. The van der Waals surface area contributed by atoms with Gasteiger partial charge in [-0.3, -0.25) is 9.48 Å². The van der Waals surface area contributed by atoms with E-state index in [-0.39, 0.29) is 17.3 Å². The zero-order valence-electron chi connectivity index (χ0n) is 16.0. The van der Waals surface area contributed by atoms with Crippen LogP contribution in [0.5, 0.6) is 0 Å². The van der Waals surface area contributed by atoms with Gasteiger partial charge < -0.3 is 5.32 Å². The van der Waals surface area contributed by atoms with Crippen LogP contribution in [0.1, 0.15) is 36.2 Å². The molecule has 7 nitrogen and oxygen atoms in total. The van der Waals surface area contributed by atoms with Gasteiger partial charge >= 0.3 is 0 Å². The molecule has 8 heteroatoms. The van der Waals surface area contributed by atoms with E-state index < -0.39 is 10.0 Å². The highest BCUT2D eigenvalue weighted by molar-refractivity contribution is 7.89. The molecule has 0 saturated carbocycles. The van der Waals surface area contributed by atoms with Gasteiger partial charge in [-0.25, -0.2) is 8.42 Å². The molecule has 1 saturated heterocycles. The number of sulfonamides is 1. The SMILES string of the molecule is Cc1cccc(NC(=O)Cn2nc(C)c(S(=O)(=O)N3CCCCC3)c2C)c1. The first-order valence-electron chi connectivity index (χ1n) is 9.19. The maximum absolute atomic E-state index is 13.0. The summed E-state index contributed by atoms with van der Waals surface area (Å²) in [7, 11) is -3.58. The normalized spacial score (nSPS) is 15.7. The molecule has 3 rings (SSSR count). The lowest BCUT2D eigenvalue weighted by molar-refractivity contribution is -0.116. The van der Waals surface area contributed by atoms with Crippen LogP contribution in [-0.4, -0.2) is 41.5 Å². The highest BCUT2D eigenvalue weighted by Crippen LogP contribution is 2.26. The van der Waals surface area contributed by atoms with Crippen molar-refractivity contribution >= 4 is 21.6 Å². The number of amides is 1. The predicted molar refractivity (Wildman–Crippen MR) is 104 cm³/mol. The van der Waals surface area contributed by atoms with Crippen LogP contribution < -0.4 is 5.32 Å². The van der Waals surface area contributed by atoms with Crippen molar-refractivity contribution in [3.8, 4) is 0 Å². The van der Waals surface area contributed by atoms with Crippen LogP contribution >= 0.6 is 0 Å². The molecule has 1 aliphatic heterocycles. The van der Waals surface area contributed by atoms with E-state index in [4.69, 9.17) is 0 Å². The zero-order valence-corrected chi connectivity index (χ0v) is 16.8. The number of rotatable bonds is 5. The Bertz CT molecular complexity index is 944. The van der Waals surface area contributed by atoms with E-state index in [1.807, 2.05) is 31.2 Å². The van der Waals surface area contributed by atoms with Crippen molar-refractivity contribution in [2.45, 2.75) is 51.5 Å². The Hall–Kier alpha value is -2.19. The Morgan fingerprint density at radius 2 is 1.85 bits per heavy atom. The summed E-state index contributed by atoms with van der Waals surface area (Å²) in [6.07, 6.45) is 2.82. The number of hydrogen-bond acceptors (Lipinski definition) is 4. The van der Waals surface area contributed by atoms with E-state index in [9.17, 15) is 13.2 Å². The molecule has 0 unspecified atom stereocenters. The Kier molecular flexibility index (Phi) is 5.67. The lowest BCUT2D eigenvalue weighted by Crippen LogP contribution is -2.36. The number of carbonyl (C=O) groups excluding carboxylic acids is 1. The van der Waals surface area contributed by atoms with E-state index in [2.05, 4.69) is 10.4 Å². The van der Waals surface area contributed by atoms with Crippen molar-refractivity contribution in [2.24, 2.45) is 0 Å². The maximum Gasteiger partial charge on any atom is 0.246 e. The second-order valence-electron chi connectivity index (χ2n) is 7.04. The van der Waals surface area contributed by atoms with Crippen LogP contribution in [0.25, 0.3) is 0 Å². The van der Waals surface area contributed by atoms with Crippen molar-refractivity contribution in [3.05, 3.63) is 41.2 Å². The summed E-state index contributed by atoms with van der Waals surface area (Å²) in [6, 6.07) is 7.52. The first-order chi connectivity index (χ1) is 12.8. The summed E-state index contributed by atoms with van der Waals surface area (Å²) in [4.78, 5) is 12.6. The van der Waals surface area contributed by atoms with Gasteiger partial charge in [-0.1, -0.05) is 18.6 Å². The van der Waals surface area contributed by atoms with Gasteiger partial charge in [0.2, 0.25) is 15.9 Å². The van der Waals surface area contributed by atoms with Gasteiger partial charge in [-0.15, -0.1) is 0 Å². The molecule has 1 aliphatic rings. The highest BCUT2D eigenvalue weighted by Gasteiger charge is 2.31. The lowest BCUT2D eigenvalue weighted by Gasteiger charge is -2.25. The van der Waals surface area contributed by atoms with E-state index >= 15 is 0 Å². The second-order valence-corrected chi connectivity index (χ2v) is 8.91. The molecule has 0 bridgehead atoms. The second kappa shape index (κ2) is 7.82. The molecular weight excluding hydrogens is 364 g/mol. The third-order valence-corrected chi connectivity index (χ3v) is 6.97. The number of hydrogen-bond donors (Lipinski definition) is 1. The van der Waals surface area contributed by atoms with E-state index in [0.717, 1.165) is 24.8 Å². The van der Waals surface area contributed by atoms with E-state index in [1.165, 1.54) is 8.99 Å². The molecule has 146 valence electrons. The van der Waals surface area contributed by atoms with Crippen LogP contribution in [0.15, 0.2) is 29.2 Å². The molecule has 2 heterocycles. The minimum Gasteiger partial charge on any atom is -0.324 e. The largest absolute Gasteiger partial charge is 0.324 e. The predicted octanol–water partition coefficient (Wildman–Crippen LogP) is 2.62. The third kappa shape index (κ3) is 4.22. The van der Waals surface area contributed by atoms with Crippen LogP contribution in [0.4, 0.5) is 5.69 Å². The summed E-state index contributed by atoms with van der Waals surface area (Å²) in [5.74, 6) is -0.242. The summed E-state index contributed by atoms with van der Waals surface area (Å²) < 4.78 is 29.1. The first-order valence-corrected chi connectivity index (χ1v) is 10.6. The number of aryl methyl sites for hydroxylation is 2. The van der Waals surface area contributed by atoms with E-state index in [0.29, 0.717) is 30.2 Å². The molecule has 1 aromatic carbocycles. The van der Waals surface area contributed by atoms with Crippen LogP contribution in [-0.2, 0) is 21.4 Å². The van der Waals surface area contributed by atoms with Gasteiger partial charge in [0, 0.05) is 18.8 Å². The molecule has 1 amide bonds. The first kappa shape index (κ1) is 19.6. The molecule has 1 fully saturated rings. The maximum atomic E-state index is 13.0. The summed E-state index contributed by atoms with van der Waals surface area (Å²) in [5, 5.41) is 7.15. The summed E-state index contributed by atoms with van der Waals surface area (Å²) in [5.41, 5.74) is 2.69. The van der Waals surface area contributed by atoms with Gasteiger partial charge in [0.1, 0.15) is 11.4 Å². The molecule has 1 aromatic heterocycles. The summed E-state index contributed by atoms with van der Waals surface area (Å²) >= 11 is 0. The topological polar surface area (TPSA) is 84.3 Å². The fourth-order valence-electron chi connectivity index (χ4n) is 3.50. The van der Waals surface area contributed by atoms with Crippen molar-refractivity contribution in [3.63, 3.8) is 0 Å². The van der Waals surface area contributed by atoms with Crippen molar-refractivity contribution < 1.29 is 13.2 Å². The Labute approximate surface area is 160 Å². The average Bonchev–Trinajstić information content (AvgIpc) is 2.89. The van der Waals surface area contributed by atoms with Crippen LogP contribution in [0.2, 0.25) is 0 Å². The van der Waals surface area contributed by atoms with Gasteiger partial charge in [0.25, 0.3) is 0 Å². The zero-order chi connectivity index (χ0) is 19.6. The molecule has 0 atom stereocenters. The molecule has 0 spiro atoms. The van der Waals surface area contributed by atoms with Gasteiger partial charge in [-0.05, 0) is 51.3 Å². The number of nitrogens with one attached hydrogen (secondary N) is 1. The van der Waals surface area contributed by atoms with Gasteiger partial charge in [0.05, 0.1) is 11.4 Å². The average molecular weight is 391 g/mol. The van der Waals surface area contributed by atoms with Crippen LogP contribution in [0, 0.1) is 20.8 Å². The molecular formula is C19H26N4O3S. The molecule has 2 aromatic rings. The summed E-state index contributed by atoms with van der Waals surface area (Å²) in [6.45, 7) is 6.39. The van der Waals surface area contributed by atoms with Crippen molar-refractivity contribution in [1.29, 1.82) is 0 Å². The molecule has 27 heavy (non-hydrogen) atoms. The fraction of sp³-hybridized carbons (Fsp3) is 0.474. The fourth-order valence-corrected chi connectivity index (χ4v) is 5.39. The standard InChI is InChI=1S/C19H26N4O3S/c1-14-8-7-9-17(12-14)20-18(24)13-23-16(3)19(15(2)21-23)27(25,26)22-10-5-4-6-11-22/h7-9,12H,4-6,10-11,13H2,1-3H3,(H,20,24). The number of nitrogens with zero attached hydrogens (tertiary/aromatic N) is 3. The number of piperidine rings is 1. The van der Waals surface area contributed by atoms with Crippen molar-refractivity contribution in [1.82, 2.24) is 14.1 Å². The smallest absolute Gasteiger partial charge is 0.246 e. The lowest BCUT2D eigenvalue weighted by atomic mass is 10.2. The van der Waals surface area contributed by atoms with E-state index in [1.54, 1.807) is 13.8 Å². The minimum atomic E-state index is -3.58. The number of carbonyl (C=O) groups is 1. The molecule has 1 N–H and O–H groups in total. The monoisotopic (exact) mass is 390 g/mol. The number of aromatic nitrogens is 2. The number of anilines is 1. The Morgan fingerprint density at radius 1 is 1.15 bits per heavy atom. The third-order valence-electron chi connectivity index (χ3n) is 4.82.